The van der Waals surface area contributed by atoms with Gasteiger partial charge in [-0.05, 0) is 44.5 Å². The van der Waals surface area contributed by atoms with E-state index in [1.807, 2.05) is 6.92 Å². The Hall–Kier alpha value is -1.39. The van der Waals surface area contributed by atoms with Gasteiger partial charge in [0.2, 0.25) is 15.9 Å². The molecule has 2 saturated heterocycles. The minimum Gasteiger partial charge on any atom is -0.506 e. The zero-order chi connectivity index (χ0) is 18.7. The summed E-state index contributed by atoms with van der Waals surface area (Å²) < 4.78 is 32.0. The average molecular weight is 420 g/mol. The van der Waals surface area contributed by atoms with Gasteiger partial charge < -0.3 is 20.5 Å². The number of rotatable bonds is 4. The van der Waals surface area contributed by atoms with E-state index in [1.54, 1.807) is 0 Å². The van der Waals surface area contributed by atoms with E-state index in [2.05, 4.69) is 10.6 Å². The van der Waals surface area contributed by atoms with Gasteiger partial charge in [-0.1, -0.05) is 0 Å². The minimum absolute atomic E-state index is 0. The quantitative estimate of drug-likeness (QED) is 0.632. The number of hydrogen-bond acceptors (Lipinski definition) is 6. The number of amides is 1. The molecule has 2 atom stereocenters. The van der Waals surface area contributed by atoms with Crippen LogP contribution < -0.4 is 10.6 Å². The Kier molecular flexibility index (Phi) is 7.47. The standard InChI is InChI=1S/C17H25N3O5S.ClH/c1-12-10-13(4-5-18-12)17(22)19-15-11-14(2-3-16(15)21)26(23,24)20-6-8-25-9-7-20;/h2-3,11-13,18,21H,4-10H2,1H3,(H,19,22);1H/t12-,13-;/m0./s1. The Morgan fingerprint density at radius 3 is 2.70 bits per heavy atom. The molecule has 0 aliphatic carbocycles. The van der Waals surface area contributed by atoms with Gasteiger partial charge >= 0.3 is 0 Å². The first-order valence-electron chi connectivity index (χ1n) is 8.83. The molecule has 1 aromatic rings. The van der Waals surface area contributed by atoms with Crippen molar-refractivity contribution < 1.29 is 23.1 Å². The first-order valence-corrected chi connectivity index (χ1v) is 10.3. The molecule has 0 radical (unpaired) electrons. The van der Waals surface area contributed by atoms with Crippen LogP contribution in [0.2, 0.25) is 0 Å². The molecular formula is C17H26ClN3O5S. The Balaban J connectivity index is 0.00000261. The number of halogens is 1. The molecule has 27 heavy (non-hydrogen) atoms. The molecule has 2 fully saturated rings. The van der Waals surface area contributed by atoms with Crippen molar-refractivity contribution in [1.82, 2.24) is 9.62 Å². The first kappa shape index (κ1) is 21.9. The highest BCUT2D eigenvalue weighted by Crippen LogP contribution is 2.29. The summed E-state index contributed by atoms with van der Waals surface area (Å²) >= 11 is 0. The van der Waals surface area contributed by atoms with Crippen LogP contribution >= 0.6 is 12.4 Å². The van der Waals surface area contributed by atoms with Crippen LogP contribution in [0.15, 0.2) is 23.1 Å². The smallest absolute Gasteiger partial charge is 0.243 e. The monoisotopic (exact) mass is 419 g/mol. The van der Waals surface area contributed by atoms with Gasteiger partial charge in [-0.2, -0.15) is 4.31 Å². The topological polar surface area (TPSA) is 108 Å². The summed E-state index contributed by atoms with van der Waals surface area (Å²) in [4.78, 5) is 12.5. The van der Waals surface area contributed by atoms with Gasteiger partial charge in [0.05, 0.1) is 23.8 Å². The zero-order valence-electron chi connectivity index (χ0n) is 15.2. The fourth-order valence-electron chi connectivity index (χ4n) is 3.32. The highest BCUT2D eigenvalue weighted by molar-refractivity contribution is 7.89. The number of sulfonamides is 1. The van der Waals surface area contributed by atoms with E-state index >= 15 is 0 Å². The molecular weight excluding hydrogens is 394 g/mol. The van der Waals surface area contributed by atoms with Crippen molar-refractivity contribution in [3.05, 3.63) is 18.2 Å². The van der Waals surface area contributed by atoms with Crippen LogP contribution in [0.25, 0.3) is 0 Å². The number of hydrogen-bond donors (Lipinski definition) is 3. The van der Waals surface area contributed by atoms with E-state index in [-0.39, 0.29) is 59.7 Å². The fourth-order valence-corrected chi connectivity index (χ4v) is 4.75. The number of phenols is 1. The lowest BCUT2D eigenvalue weighted by atomic mass is 9.92. The number of ether oxygens (including phenoxy) is 1. The molecule has 2 aliphatic heterocycles. The van der Waals surface area contributed by atoms with Crippen molar-refractivity contribution in [1.29, 1.82) is 0 Å². The van der Waals surface area contributed by atoms with Gasteiger partial charge in [0, 0.05) is 25.0 Å². The molecule has 0 bridgehead atoms. The number of piperidine rings is 1. The van der Waals surface area contributed by atoms with Gasteiger partial charge in [-0.25, -0.2) is 8.42 Å². The molecule has 152 valence electrons. The maximum atomic E-state index is 12.7. The van der Waals surface area contributed by atoms with E-state index in [0.29, 0.717) is 26.1 Å². The van der Waals surface area contributed by atoms with E-state index in [0.717, 1.165) is 6.54 Å². The highest BCUT2D eigenvalue weighted by Gasteiger charge is 2.28. The van der Waals surface area contributed by atoms with Crippen LogP contribution in [0.3, 0.4) is 0 Å². The number of phenolic OH excluding ortho intramolecular Hbond substituents is 1. The number of carbonyl (C=O) groups excluding carboxylic acids is 1. The number of carbonyl (C=O) groups is 1. The van der Waals surface area contributed by atoms with Crippen molar-refractivity contribution in [3.8, 4) is 5.75 Å². The number of nitrogens with one attached hydrogen (secondary N) is 2. The third kappa shape index (κ3) is 5.11. The number of nitrogens with zero attached hydrogens (tertiary/aromatic N) is 1. The van der Waals surface area contributed by atoms with E-state index < -0.39 is 10.0 Å². The Morgan fingerprint density at radius 2 is 2.04 bits per heavy atom. The summed E-state index contributed by atoms with van der Waals surface area (Å²) in [6.45, 7) is 4.07. The van der Waals surface area contributed by atoms with E-state index in [9.17, 15) is 18.3 Å². The molecule has 0 aromatic heterocycles. The maximum Gasteiger partial charge on any atom is 0.243 e. The fraction of sp³-hybridized carbons (Fsp3) is 0.588. The summed E-state index contributed by atoms with van der Waals surface area (Å²) in [7, 11) is -3.69. The first-order chi connectivity index (χ1) is 12.4. The number of aromatic hydroxyl groups is 1. The van der Waals surface area contributed by atoms with Gasteiger partial charge in [-0.15, -0.1) is 12.4 Å². The van der Waals surface area contributed by atoms with Crippen molar-refractivity contribution in [3.63, 3.8) is 0 Å². The summed E-state index contributed by atoms with van der Waals surface area (Å²) in [6, 6.07) is 4.22. The SMILES string of the molecule is C[C@H]1C[C@@H](C(=O)Nc2cc(S(=O)(=O)N3CCOCC3)ccc2O)CCN1.Cl. The summed E-state index contributed by atoms with van der Waals surface area (Å²) in [5, 5.41) is 16.0. The third-order valence-corrected chi connectivity index (χ3v) is 6.72. The van der Waals surface area contributed by atoms with Crippen LogP contribution in [0.5, 0.6) is 5.75 Å². The second kappa shape index (κ2) is 9.20. The van der Waals surface area contributed by atoms with Crippen LogP contribution in [0.4, 0.5) is 5.69 Å². The van der Waals surface area contributed by atoms with Crippen molar-refractivity contribution in [2.75, 3.05) is 38.2 Å². The molecule has 0 saturated carbocycles. The largest absolute Gasteiger partial charge is 0.506 e. The molecule has 10 heteroatoms. The van der Waals surface area contributed by atoms with Crippen LogP contribution in [0, 0.1) is 5.92 Å². The van der Waals surface area contributed by atoms with E-state index in [4.69, 9.17) is 4.74 Å². The number of anilines is 1. The zero-order valence-corrected chi connectivity index (χ0v) is 16.8. The second-order valence-electron chi connectivity index (χ2n) is 6.76. The summed E-state index contributed by atoms with van der Waals surface area (Å²) in [6.07, 6.45) is 1.42. The van der Waals surface area contributed by atoms with E-state index in [1.165, 1.54) is 22.5 Å². The summed E-state index contributed by atoms with van der Waals surface area (Å²) in [5.74, 6) is -0.513. The molecule has 3 rings (SSSR count). The lowest BCUT2D eigenvalue weighted by Gasteiger charge is -2.27. The summed E-state index contributed by atoms with van der Waals surface area (Å²) in [5.41, 5.74) is 0.121. The maximum absolute atomic E-state index is 12.7. The van der Waals surface area contributed by atoms with Crippen LogP contribution in [-0.4, -0.2) is 62.6 Å². The average Bonchev–Trinajstić information content (AvgIpc) is 2.64. The van der Waals surface area contributed by atoms with Crippen molar-refractivity contribution in [2.24, 2.45) is 5.92 Å². The van der Waals surface area contributed by atoms with Crippen molar-refractivity contribution >= 4 is 34.0 Å². The van der Waals surface area contributed by atoms with Gasteiger partial charge in [0.25, 0.3) is 0 Å². The molecule has 2 aliphatic rings. The molecule has 3 N–H and O–H groups in total. The predicted octanol–water partition coefficient (Wildman–Crippen LogP) is 1.16. The lowest BCUT2D eigenvalue weighted by molar-refractivity contribution is -0.120. The third-order valence-electron chi connectivity index (χ3n) is 4.83. The molecule has 1 aromatic carbocycles. The highest BCUT2D eigenvalue weighted by atomic mass is 35.5. The van der Waals surface area contributed by atoms with Gasteiger partial charge in [0.15, 0.2) is 0 Å². The lowest BCUT2D eigenvalue weighted by Crippen LogP contribution is -2.41. The number of morpholine rings is 1. The second-order valence-corrected chi connectivity index (χ2v) is 8.70. The number of benzene rings is 1. The van der Waals surface area contributed by atoms with Crippen molar-refractivity contribution in [2.45, 2.75) is 30.7 Å². The molecule has 0 unspecified atom stereocenters. The Bertz CT molecular complexity index is 768. The minimum atomic E-state index is -3.69. The molecule has 8 nitrogen and oxygen atoms in total. The molecule has 0 spiro atoms. The Morgan fingerprint density at radius 1 is 1.33 bits per heavy atom. The van der Waals surface area contributed by atoms with Crippen LogP contribution in [0.1, 0.15) is 19.8 Å². The normalized spacial score (nSPS) is 24.0. The van der Waals surface area contributed by atoms with Gasteiger partial charge in [-0.3, -0.25) is 4.79 Å². The van der Waals surface area contributed by atoms with Gasteiger partial charge in [0.1, 0.15) is 5.75 Å². The predicted molar refractivity (Wildman–Crippen MR) is 104 cm³/mol. The van der Waals surface area contributed by atoms with Crippen LogP contribution in [-0.2, 0) is 19.6 Å². The Labute approximate surface area is 165 Å². The molecule has 1 amide bonds. The molecule has 2 heterocycles.